The molecule has 1 unspecified atom stereocenters. The van der Waals surface area contributed by atoms with Gasteiger partial charge in [0.1, 0.15) is 5.41 Å². The summed E-state index contributed by atoms with van der Waals surface area (Å²) in [6.45, 7) is 8.25. The summed E-state index contributed by atoms with van der Waals surface area (Å²) in [5.41, 5.74) is 5.01. The Bertz CT molecular complexity index is 364. The molecule has 0 spiro atoms. The van der Waals surface area contributed by atoms with Gasteiger partial charge in [0, 0.05) is 6.04 Å². The lowest BCUT2D eigenvalue weighted by atomic mass is 9.77. The normalized spacial score (nSPS) is 21.9. The van der Waals surface area contributed by atoms with Crippen molar-refractivity contribution in [2.75, 3.05) is 0 Å². The number of nitrogens with zero attached hydrogens (tertiary/aromatic N) is 1. The number of nitrogens with one attached hydrogen (secondary N) is 1. The molecule has 0 aromatic carbocycles. The zero-order valence-corrected chi connectivity index (χ0v) is 13.2. The highest BCUT2D eigenvalue weighted by Gasteiger charge is 2.44. The first-order valence-corrected chi connectivity index (χ1v) is 7.53. The number of rotatable bonds is 3. The molecule has 0 saturated heterocycles. The first-order valence-electron chi connectivity index (χ1n) is 7.53. The third-order valence-electron chi connectivity index (χ3n) is 4.64. The molecule has 4 N–H and O–H groups in total. The Morgan fingerprint density at radius 2 is 1.75 bits per heavy atom. The van der Waals surface area contributed by atoms with E-state index in [4.69, 9.17) is 10.9 Å². The molecule has 0 bridgehead atoms. The molecule has 0 aromatic heterocycles. The van der Waals surface area contributed by atoms with Crippen molar-refractivity contribution in [3.63, 3.8) is 0 Å². The van der Waals surface area contributed by atoms with E-state index in [1.54, 1.807) is 0 Å². The van der Waals surface area contributed by atoms with Crippen molar-refractivity contribution in [1.82, 2.24) is 5.32 Å². The standard InChI is InChI=1S/C15H29N3O2/c1-11(14(2,3)4)17-13(19)15(12(16)18-20)9-7-5-6-8-10-15/h11,20H,5-10H2,1-4H3,(H2,16,18)(H,17,19). The van der Waals surface area contributed by atoms with E-state index in [9.17, 15) is 4.79 Å². The van der Waals surface area contributed by atoms with Crippen LogP contribution in [0.25, 0.3) is 0 Å². The van der Waals surface area contributed by atoms with Gasteiger partial charge in [-0.2, -0.15) is 0 Å². The zero-order valence-electron chi connectivity index (χ0n) is 13.2. The molecule has 0 aromatic rings. The molecule has 20 heavy (non-hydrogen) atoms. The second-order valence-corrected chi connectivity index (χ2v) is 7.04. The van der Waals surface area contributed by atoms with Gasteiger partial charge >= 0.3 is 0 Å². The highest BCUT2D eigenvalue weighted by molar-refractivity contribution is 6.06. The topological polar surface area (TPSA) is 87.7 Å². The zero-order chi connectivity index (χ0) is 15.4. The van der Waals surface area contributed by atoms with Crippen LogP contribution in [0.4, 0.5) is 0 Å². The first-order chi connectivity index (χ1) is 9.24. The van der Waals surface area contributed by atoms with Crippen LogP contribution in [0.2, 0.25) is 0 Å². The Kier molecular flexibility index (Phi) is 5.42. The van der Waals surface area contributed by atoms with Gasteiger partial charge in [-0.05, 0) is 25.2 Å². The van der Waals surface area contributed by atoms with Crippen molar-refractivity contribution < 1.29 is 10.0 Å². The molecule has 1 aliphatic rings. The summed E-state index contributed by atoms with van der Waals surface area (Å²) < 4.78 is 0. The second kappa shape index (κ2) is 6.46. The molecule has 0 heterocycles. The van der Waals surface area contributed by atoms with Gasteiger partial charge in [-0.1, -0.05) is 51.6 Å². The molecule has 5 nitrogen and oxygen atoms in total. The number of oxime groups is 1. The Balaban J connectivity index is 2.96. The van der Waals surface area contributed by atoms with Gasteiger partial charge < -0.3 is 16.3 Å². The molecule has 1 aliphatic carbocycles. The third-order valence-corrected chi connectivity index (χ3v) is 4.64. The average Bonchev–Trinajstić information content (AvgIpc) is 2.63. The fraction of sp³-hybridized carbons (Fsp3) is 0.867. The molecular formula is C15H29N3O2. The van der Waals surface area contributed by atoms with Gasteiger partial charge in [0.15, 0.2) is 5.84 Å². The number of hydrogen-bond donors (Lipinski definition) is 3. The number of carbonyl (C=O) groups excluding carboxylic acids is 1. The van der Waals surface area contributed by atoms with Gasteiger partial charge in [0.05, 0.1) is 0 Å². The minimum atomic E-state index is -0.843. The van der Waals surface area contributed by atoms with Crippen molar-refractivity contribution in [2.45, 2.75) is 72.3 Å². The first kappa shape index (κ1) is 16.8. The number of hydrogen-bond acceptors (Lipinski definition) is 3. The van der Waals surface area contributed by atoms with E-state index < -0.39 is 5.41 Å². The largest absolute Gasteiger partial charge is 0.409 e. The highest BCUT2D eigenvalue weighted by Crippen LogP contribution is 2.36. The SMILES string of the molecule is CC(NC(=O)C1(C(N)=NO)CCCCCC1)C(C)(C)C. The minimum Gasteiger partial charge on any atom is -0.409 e. The summed E-state index contributed by atoms with van der Waals surface area (Å²) in [6, 6.07) is 0.0293. The van der Waals surface area contributed by atoms with Crippen LogP contribution < -0.4 is 11.1 Å². The lowest BCUT2D eigenvalue weighted by molar-refractivity contribution is -0.129. The quantitative estimate of drug-likeness (QED) is 0.244. The van der Waals surface area contributed by atoms with Crippen molar-refractivity contribution >= 4 is 11.7 Å². The van der Waals surface area contributed by atoms with E-state index in [0.717, 1.165) is 25.7 Å². The fourth-order valence-corrected chi connectivity index (χ4v) is 2.58. The van der Waals surface area contributed by atoms with Crippen LogP contribution >= 0.6 is 0 Å². The molecule has 1 fully saturated rings. The van der Waals surface area contributed by atoms with Gasteiger partial charge in [-0.25, -0.2) is 0 Å². The summed E-state index contributed by atoms with van der Waals surface area (Å²) in [4.78, 5) is 12.7. The van der Waals surface area contributed by atoms with Gasteiger partial charge in [-0.15, -0.1) is 0 Å². The average molecular weight is 283 g/mol. The van der Waals surface area contributed by atoms with E-state index in [1.165, 1.54) is 0 Å². The van der Waals surface area contributed by atoms with Crippen LogP contribution in [0, 0.1) is 10.8 Å². The van der Waals surface area contributed by atoms with Crippen LogP contribution in [0.15, 0.2) is 5.16 Å². The summed E-state index contributed by atoms with van der Waals surface area (Å²) in [6.07, 6.45) is 5.39. The van der Waals surface area contributed by atoms with Gasteiger partial charge in [0.25, 0.3) is 0 Å². The van der Waals surface area contributed by atoms with E-state index >= 15 is 0 Å². The van der Waals surface area contributed by atoms with Crippen LogP contribution in [-0.2, 0) is 4.79 Å². The van der Waals surface area contributed by atoms with Crippen molar-refractivity contribution in [3.05, 3.63) is 0 Å². The smallest absolute Gasteiger partial charge is 0.234 e. The lowest BCUT2D eigenvalue weighted by Gasteiger charge is -2.35. The Labute approximate surface area is 122 Å². The van der Waals surface area contributed by atoms with E-state index in [-0.39, 0.29) is 23.2 Å². The third kappa shape index (κ3) is 3.64. The number of nitrogens with two attached hydrogens (primary N) is 1. The number of amides is 1. The van der Waals surface area contributed by atoms with Crippen molar-refractivity contribution in [1.29, 1.82) is 0 Å². The van der Waals surface area contributed by atoms with Crippen molar-refractivity contribution in [3.8, 4) is 0 Å². The Morgan fingerprint density at radius 3 is 2.15 bits per heavy atom. The maximum atomic E-state index is 12.7. The molecule has 5 heteroatoms. The summed E-state index contributed by atoms with van der Waals surface area (Å²) in [5.74, 6) is -0.0462. The predicted octanol–water partition coefficient (Wildman–Crippen LogP) is 2.62. The van der Waals surface area contributed by atoms with Crippen LogP contribution in [0.5, 0.6) is 0 Å². The minimum absolute atomic E-state index is 0.0211. The summed E-state index contributed by atoms with van der Waals surface area (Å²) in [7, 11) is 0. The molecule has 116 valence electrons. The Hall–Kier alpha value is -1.26. The van der Waals surface area contributed by atoms with Gasteiger partial charge in [0.2, 0.25) is 5.91 Å². The van der Waals surface area contributed by atoms with Gasteiger partial charge in [-0.3, -0.25) is 4.79 Å². The summed E-state index contributed by atoms with van der Waals surface area (Å²) >= 11 is 0. The molecular weight excluding hydrogens is 254 g/mol. The lowest BCUT2D eigenvalue weighted by Crippen LogP contribution is -2.54. The maximum Gasteiger partial charge on any atom is 0.234 e. The highest BCUT2D eigenvalue weighted by atomic mass is 16.4. The van der Waals surface area contributed by atoms with Crippen LogP contribution in [0.1, 0.15) is 66.2 Å². The fourth-order valence-electron chi connectivity index (χ4n) is 2.58. The molecule has 1 saturated carbocycles. The molecule has 1 rings (SSSR count). The van der Waals surface area contributed by atoms with Crippen molar-refractivity contribution in [2.24, 2.45) is 21.7 Å². The molecule has 0 aliphatic heterocycles. The predicted molar refractivity (Wildman–Crippen MR) is 80.6 cm³/mol. The van der Waals surface area contributed by atoms with E-state index in [1.807, 2.05) is 6.92 Å². The number of carbonyl (C=O) groups is 1. The molecule has 1 amide bonds. The van der Waals surface area contributed by atoms with E-state index in [0.29, 0.717) is 12.8 Å². The molecule has 0 radical (unpaired) electrons. The van der Waals surface area contributed by atoms with Crippen LogP contribution in [-0.4, -0.2) is 23.0 Å². The second-order valence-electron chi connectivity index (χ2n) is 7.04. The number of amidine groups is 1. The molecule has 1 atom stereocenters. The Morgan fingerprint density at radius 1 is 1.25 bits per heavy atom. The summed E-state index contributed by atoms with van der Waals surface area (Å²) in [5, 5.41) is 15.3. The van der Waals surface area contributed by atoms with E-state index in [2.05, 4.69) is 31.2 Å². The monoisotopic (exact) mass is 283 g/mol. The maximum absolute atomic E-state index is 12.7. The van der Waals surface area contributed by atoms with Crippen LogP contribution in [0.3, 0.4) is 0 Å².